The summed E-state index contributed by atoms with van der Waals surface area (Å²) in [5, 5.41) is 0. The maximum atomic E-state index is 12.8. The maximum Gasteiger partial charge on any atom is 0.227 e. The van der Waals surface area contributed by atoms with E-state index in [-0.39, 0.29) is 24.2 Å². The van der Waals surface area contributed by atoms with E-state index in [2.05, 4.69) is 36.1 Å². The van der Waals surface area contributed by atoms with Crippen LogP contribution in [0.4, 0.5) is 0 Å². The van der Waals surface area contributed by atoms with Gasteiger partial charge in [-0.05, 0) is 25.3 Å². The minimum Gasteiger partial charge on any atom is -0.340 e. The maximum absolute atomic E-state index is 12.8. The lowest BCUT2D eigenvalue weighted by Crippen LogP contribution is -2.52. The average molecular weight is 416 g/mol. The van der Waals surface area contributed by atoms with Crippen molar-refractivity contribution in [2.75, 3.05) is 45.5 Å². The van der Waals surface area contributed by atoms with E-state index in [1.807, 2.05) is 4.90 Å². The van der Waals surface area contributed by atoms with Crippen LogP contribution in [-0.4, -0.2) is 74.0 Å². The van der Waals surface area contributed by atoms with Gasteiger partial charge in [-0.1, -0.05) is 29.8 Å². The second-order valence-corrected chi connectivity index (χ2v) is 9.53. The van der Waals surface area contributed by atoms with E-state index >= 15 is 0 Å². The van der Waals surface area contributed by atoms with E-state index in [0.717, 1.165) is 45.6 Å². The van der Waals surface area contributed by atoms with Gasteiger partial charge in [-0.15, -0.1) is 12.4 Å². The first-order valence-electron chi connectivity index (χ1n) is 9.35. The number of hydrogen-bond acceptors (Lipinski definition) is 4. The van der Waals surface area contributed by atoms with Crippen LogP contribution in [0.25, 0.3) is 0 Å². The van der Waals surface area contributed by atoms with Crippen molar-refractivity contribution in [2.45, 2.75) is 26.3 Å². The minimum atomic E-state index is -3.22. The Hall–Kier alpha value is -1.15. The fraction of sp³-hybridized carbons (Fsp3) is 0.632. The van der Waals surface area contributed by atoms with Gasteiger partial charge in [0.2, 0.25) is 15.9 Å². The topological polar surface area (TPSA) is 60.9 Å². The summed E-state index contributed by atoms with van der Waals surface area (Å²) < 4.78 is 25.0. The summed E-state index contributed by atoms with van der Waals surface area (Å²) in [6.07, 6.45) is 2.77. The Bertz CT molecular complexity index is 731. The van der Waals surface area contributed by atoms with Crippen LogP contribution in [0.5, 0.6) is 0 Å². The SMILES string of the molecule is Cc1ccc(CN2CCN(C(=O)C3CCCN(S(C)(=O)=O)C3)CC2)cc1.Cl. The number of sulfonamides is 1. The number of benzene rings is 1. The summed E-state index contributed by atoms with van der Waals surface area (Å²) in [7, 11) is -3.22. The second-order valence-electron chi connectivity index (χ2n) is 7.55. The molecule has 2 heterocycles. The van der Waals surface area contributed by atoms with Crippen molar-refractivity contribution < 1.29 is 13.2 Å². The third-order valence-corrected chi connectivity index (χ3v) is 6.68. The number of nitrogens with zero attached hydrogens (tertiary/aromatic N) is 3. The van der Waals surface area contributed by atoms with Gasteiger partial charge in [-0.3, -0.25) is 9.69 Å². The Kier molecular flexibility index (Phi) is 7.68. The molecule has 0 aliphatic carbocycles. The van der Waals surface area contributed by atoms with Crippen LogP contribution < -0.4 is 0 Å². The Morgan fingerprint density at radius 3 is 2.30 bits per heavy atom. The molecule has 0 N–H and O–H groups in total. The normalized spacial score (nSPS) is 22.3. The molecule has 1 aromatic carbocycles. The van der Waals surface area contributed by atoms with Crippen molar-refractivity contribution in [1.82, 2.24) is 14.1 Å². The molecule has 0 radical (unpaired) electrons. The van der Waals surface area contributed by atoms with Gasteiger partial charge >= 0.3 is 0 Å². The molecule has 1 amide bonds. The van der Waals surface area contributed by atoms with Gasteiger partial charge in [0, 0.05) is 45.8 Å². The summed E-state index contributed by atoms with van der Waals surface area (Å²) >= 11 is 0. The molecule has 2 fully saturated rings. The van der Waals surface area contributed by atoms with Crippen LogP contribution in [0, 0.1) is 12.8 Å². The zero-order chi connectivity index (χ0) is 18.7. The van der Waals surface area contributed by atoms with E-state index in [1.54, 1.807) is 0 Å². The van der Waals surface area contributed by atoms with Crippen LogP contribution in [0.1, 0.15) is 24.0 Å². The van der Waals surface area contributed by atoms with Crippen LogP contribution in [0.3, 0.4) is 0 Å². The largest absolute Gasteiger partial charge is 0.340 e. The zero-order valence-electron chi connectivity index (χ0n) is 16.1. The van der Waals surface area contributed by atoms with Crippen LogP contribution in [0.15, 0.2) is 24.3 Å². The zero-order valence-corrected chi connectivity index (χ0v) is 17.8. The molecule has 1 aromatic rings. The molecule has 152 valence electrons. The molecule has 6 nitrogen and oxygen atoms in total. The van der Waals surface area contributed by atoms with E-state index in [4.69, 9.17) is 0 Å². The predicted molar refractivity (Wildman–Crippen MR) is 109 cm³/mol. The molecular weight excluding hydrogens is 386 g/mol. The summed E-state index contributed by atoms with van der Waals surface area (Å²) in [4.78, 5) is 17.1. The first kappa shape index (κ1) is 22.1. The van der Waals surface area contributed by atoms with Gasteiger partial charge in [0.25, 0.3) is 0 Å². The molecule has 2 saturated heterocycles. The molecule has 0 aromatic heterocycles. The molecule has 8 heteroatoms. The molecule has 2 aliphatic rings. The lowest BCUT2D eigenvalue weighted by Gasteiger charge is -2.38. The highest BCUT2D eigenvalue weighted by atomic mass is 35.5. The Balaban J connectivity index is 0.00000261. The van der Waals surface area contributed by atoms with Gasteiger partial charge in [-0.25, -0.2) is 12.7 Å². The summed E-state index contributed by atoms with van der Waals surface area (Å²) in [5.74, 6) is -0.0736. The van der Waals surface area contributed by atoms with Gasteiger partial charge in [0.05, 0.1) is 12.2 Å². The Morgan fingerprint density at radius 2 is 1.70 bits per heavy atom. The molecule has 2 aliphatic heterocycles. The molecule has 1 atom stereocenters. The third kappa shape index (κ3) is 5.91. The Morgan fingerprint density at radius 1 is 1.07 bits per heavy atom. The first-order valence-corrected chi connectivity index (χ1v) is 11.2. The monoisotopic (exact) mass is 415 g/mol. The van der Waals surface area contributed by atoms with E-state index in [1.165, 1.54) is 21.7 Å². The average Bonchev–Trinajstić information content (AvgIpc) is 2.63. The van der Waals surface area contributed by atoms with Crippen LogP contribution >= 0.6 is 12.4 Å². The van der Waals surface area contributed by atoms with Crippen molar-refractivity contribution in [3.8, 4) is 0 Å². The number of aryl methyl sites for hydroxylation is 1. The van der Waals surface area contributed by atoms with E-state index in [9.17, 15) is 13.2 Å². The van der Waals surface area contributed by atoms with E-state index in [0.29, 0.717) is 13.1 Å². The number of carbonyl (C=O) groups excluding carboxylic acids is 1. The number of carbonyl (C=O) groups is 1. The third-order valence-electron chi connectivity index (χ3n) is 5.41. The molecule has 1 unspecified atom stereocenters. The van der Waals surface area contributed by atoms with Crippen molar-refractivity contribution in [3.05, 3.63) is 35.4 Å². The number of amides is 1. The van der Waals surface area contributed by atoms with Crippen molar-refractivity contribution in [2.24, 2.45) is 5.92 Å². The number of halogens is 1. The van der Waals surface area contributed by atoms with Crippen LogP contribution in [-0.2, 0) is 21.4 Å². The number of piperidine rings is 1. The molecular formula is C19H30ClN3O3S. The summed E-state index contributed by atoms with van der Waals surface area (Å²) in [5.41, 5.74) is 2.56. The van der Waals surface area contributed by atoms with Gasteiger partial charge in [-0.2, -0.15) is 0 Å². The van der Waals surface area contributed by atoms with E-state index < -0.39 is 10.0 Å². The first-order chi connectivity index (χ1) is 12.3. The molecule has 0 saturated carbocycles. The fourth-order valence-corrected chi connectivity index (χ4v) is 4.69. The van der Waals surface area contributed by atoms with Crippen molar-refractivity contribution in [3.63, 3.8) is 0 Å². The van der Waals surface area contributed by atoms with Gasteiger partial charge in [0.15, 0.2) is 0 Å². The molecule has 27 heavy (non-hydrogen) atoms. The standard InChI is InChI=1S/C19H29N3O3S.ClH/c1-16-5-7-17(8-6-16)14-20-10-12-21(13-11-20)19(23)18-4-3-9-22(15-18)26(2,24)25;/h5-8,18H,3-4,9-15H2,1-2H3;1H. The lowest BCUT2D eigenvalue weighted by atomic mass is 9.97. The quantitative estimate of drug-likeness (QED) is 0.751. The summed E-state index contributed by atoms with van der Waals surface area (Å²) in [6.45, 7) is 7.04. The highest BCUT2D eigenvalue weighted by Gasteiger charge is 2.33. The van der Waals surface area contributed by atoms with Crippen LogP contribution in [0.2, 0.25) is 0 Å². The van der Waals surface area contributed by atoms with Crippen molar-refractivity contribution in [1.29, 1.82) is 0 Å². The second kappa shape index (κ2) is 9.37. The van der Waals surface area contributed by atoms with Gasteiger partial charge < -0.3 is 4.90 Å². The summed E-state index contributed by atoms with van der Waals surface area (Å²) in [6, 6.07) is 8.58. The predicted octanol–water partition coefficient (Wildman–Crippen LogP) is 1.73. The minimum absolute atomic E-state index is 0. The number of rotatable bonds is 4. The van der Waals surface area contributed by atoms with Gasteiger partial charge in [0.1, 0.15) is 0 Å². The fourth-order valence-electron chi connectivity index (χ4n) is 3.78. The van der Waals surface area contributed by atoms with Crippen molar-refractivity contribution >= 4 is 28.3 Å². The molecule has 0 bridgehead atoms. The molecule has 3 rings (SSSR count). The smallest absolute Gasteiger partial charge is 0.227 e. The number of piperazine rings is 1. The number of hydrogen-bond donors (Lipinski definition) is 0. The molecule has 0 spiro atoms. The lowest BCUT2D eigenvalue weighted by molar-refractivity contribution is -0.138. The highest BCUT2D eigenvalue weighted by Crippen LogP contribution is 2.21. The Labute approximate surface area is 169 Å². The highest BCUT2D eigenvalue weighted by molar-refractivity contribution is 7.88.